The van der Waals surface area contributed by atoms with Crippen LogP contribution in [0.1, 0.15) is 12.8 Å². The topological polar surface area (TPSA) is 0 Å². The molecule has 0 bridgehead atoms. The third-order valence-electron chi connectivity index (χ3n) is 0.926. The van der Waals surface area contributed by atoms with Crippen molar-refractivity contribution in [2.75, 3.05) is 0 Å². The molecule has 0 saturated heterocycles. The molecule has 0 atom stereocenters. The van der Waals surface area contributed by atoms with Gasteiger partial charge in [-0.2, -0.15) is 0 Å². The van der Waals surface area contributed by atoms with Crippen LogP contribution in [-0.4, -0.2) is 56.2 Å². The molecule has 0 heterocycles. The first-order valence-corrected chi connectivity index (χ1v) is 4.79. The second-order valence-corrected chi connectivity index (χ2v) is 2.94. The van der Waals surface area contributed by atoms with E-state index in [0.717, 1.165) is 54.9 Å². The van der Waals surface area contributed by atoms with E-state index in [1.807, 2.05) is 0 Å². The van der Waals surface area contributed by atoms with Gasteiger partial charge in [-0.05, 0) is 0 Å². The van der Waals surface area contributed by atoms with Crippen LogP contribution in [0, 0.1) is 11.9 Å². The Morgan fingerprint density at radius 3 is 1.64 bits per heavy atom. The molecule has 0 aromatic rings. The number of halogens is 4. The Morgan fingerprint density at radius 2 is 1.55 bits per heavy atom. The van der Waals surface area contributed by atoms with E-state index in [2.05, 4.69) is 5.94 Å². The van der Waals surface area contributed by atoms with E-state index in [-0.39, 0.29) is 0 Å². The zero-order chi connectivity index (χ0) is 8.91. The fourth-order valence-electron chi connectivity index (χ4n) is 0.432. The monoisotopic (exact) mass is 191 g/mol. The van der Waals surface area contributed by atoms with Gasteiger partial charge >= 0.3 is 80.9 Å². The van der Waals surface area contributed by atoms with E-state index in [1.54, 1.807) is 0 Å². The Bertz CT molecular complexity index is 158. The molecule has 0 unspecified atom stereocenters. The van der Waals surface area contributed by atoms with Crippen LogP contribution in [0.2, 0.25) is 0 Å². The van der Waals surface area contributed by atoms with Gasteiger partial charge in [-0.15, -0.1) is 0 Å². The van der Waals surface area contributed by atoms with Crippen LogP contribution in [0.4, 0.5) is 17.3 Å². The predicted molar refractivity (Wildman–Crippen MR) is 36.4 cm³/mol. The number of hydrogen-bond donors (Lipinski definition) is 0. The molecule has 0 aromatic heterocycles. The van der Waals surface area contributed by atoms with E-state index >= 15 is 0 Å². The molecule has 1 aliphatic carbocycles. The normalized spacial score (nSPS) is 15.8. The SMILES string of the molecule is F[B-](F)(F)F.[K][C]#CC1CC1. The third-order valence-corrected chi connectivity index (χ3v) is 1.38. The first-order chi connectivity index (χ1) is 4.93. The Kier molecular flexibility index (Phi) is 6.10. The van der Waals surface area contributed by atoms with Crippen molar-refractivity contribution in [3.63, 3.8) is 0 Å². The van der Waals surface area contributed by atoms with Crippen molar-refractivity contribution in [3.8, 4) is 5.94 Å². The van der Waals surface area contributed by atoms with Crippen LogP contribution in [0.15, 0.2) is 0 Å². The quantitative estimate of drug-likeness (QED) is 0.311. The van der Waals surface area contributed by atoms with Gasteiger partial charge in [-0.25, -0.2) is 0 Å². The molecule has 0 radical (unpaired) electrons. The second-order valence-electron chi connectivity index (χ2n) is 2.16. The molecule has 1 rings (SSSR count). The predicted octanol–water partition coefficient (Wildman–Crippen LogP) is 1.83. The van der Waals surface area contributed by atoms with E-state index in [0.29, 0.717) is 0 Å². The third kappa shape index (κ3) is 18.2. The molecule has 1 saturated carbocycles. The van der Waals surface area contributed by atoms with Crippen molar-refractivity contribution < 1.29 is 17.3 Å². The van der Waals surface area contributed by atoms with Crippen LogP contribution in [-0.2, 0) is 0 Å². The Labute approximate surface area is 96.8 Å². The van der Waals surface area contributed by atoms with E-state index in [1.165, 1.54) is 12.8 Å². The summed E-state index contributed by atoms with van der Waals surface area (Å²) < 4.78 is 42.1. The van der Waals surface area contributed by atoms with Crippen LogP contribution < -0.4 is 0 Å². The molecule has 0 nitrogen and oxygen atoms in total. The fourth-order valence-corrected chi connectivity index (χ4v) is 1.07. The maximum atomic E-state index is 9.75. The summed E-state index contributed by atoms with van der Waals surface area (Å²) in [6.07, 6.45) is 2.76. The van der Waals surface area contributed by atoms with Crippen molar-refractivity contribution in [1.82, 2.24) is 0 Å². The van der Waals surface area contributed by atoms with Gasteiger partial charge in [0.05, 0.1) is 0 Å². The summed E-state index contributed by atoms with van der Waals surface area (Å²) in [5.41, 5.74) is 0. The Hall–Kier alpha value is 0.981. The molecular formula is C5H5BF4K-. The second kappa shape index (κ2) is 5.60. The summed E-state index contributed by atoms with van der Waals surface area (Å²) in [6, 6.07) is 0. The van der Waals surface area contributed by atoms with Gasteiger partial charge < -0.3 is 17.3 Å². The molecule has 0 amide bonds. The van der Waals surface area contributed by atoms with Crippen LogP contribution in [0.25, 0.3) is 0 Å². The number of hydrogen-bond acceptors (Lipinski definition) is 0. The first-order valence-electron chi connectivity index (χ1n) is 3.23. The molecule has 0 aliphatic heterocycles. The molecular weight excluding hydrogens is 186 g/mol. The summed E-state index contributed by atoms with van der Waals surface area (Å²) in [6.45, 7) is 0. The van der Waals surface area contributed by atoms with Crippen molar-refractivity contribution in [2.45, 2.75) is 12.8 Å². The van der Waals surface area contributed by atoms with Gasteiger partial charge in [0.15, 0.2) is 0 Å². The van der Waals surface area contributed by atoms with Gasteiger partial charge in [-0.3, -0.25) is 0 Å². The van der Waals surface area contributed by atoms with Crippen LogP contribution >= 0.6 is 0 Å². The molecule has 0 spiro atoms. The Morgan fingerprint density at radius 1 is 1.18 bits per heavy atom. The van der Waals surface area contributed by atoms with Crippen molar-refractivity contribution in [3.05, 3.63) is 0 Å². The van der Waals surface area contributed by atoms with Crippen LogP contribution in [0.5, 0.6) is 0 Å². The van der Waals surface area contributed by atoms with Gasteiger partial charge in [0.2, 0.25) is 0 Å². The molecule has 0 N–H and O–H groups in total. The van der Waals surface area contributed by atoms with E-state index in [9.17, 15) is 17.3 Å². The molecule has 58 valence electrons. The van der Waals surface area contributed by atoms with E-state index < -0.39 is 7.25 Å². The summed E-state index contributed by atoms with van der Waals surface area (Å²) >= 11 is 0.773. The average molecular weight is 191 g/mol. The van der Waals surface area contributed by atoms with Crippen LogP contribution in [0.3, 0.4) is 0 Å². The Balaban J connectivity index is 0.000000187. The van der Waals surface area contributed by atoms with Gasteiger partial charge in [0.25, 0.3) is 0 Å². The standard InChI is InChI=1S/C5H5.BF4.K/c1-2-5-3-4-5;2-1(3,4)5;/h5H,3-4H2;;/q;-1;. The molecule has 0 aromatic carbocycles. The van der Waals surface area contributed by atoms with Crippen molar-refractivity contribution >= 4 is 56.2 Å². The summed E-state index contributed by atoms with van der Waals surface area (Å²) in [5.74, 6) is 3.99. The van der Waals surface area contributed by atoms with E-state index in [4.69, 9.17) is 0 Å². The summed E-state index contributed by atoms with van der Waals surface area (Å²) in [5, 5.41) is 0. The van der Waals surface area contributed by atoms with Crippen molar-refractivity contribution in [1.29, 1.82) is 0 Å². The number of rotatable bonds is 0. The summed E-state index contributed by atoms with van der Waals surface area (Å²) in [7, 11) is -6.00. The van der Waals surface area contributed by atoms with Gasteiger partial charge in [0.1, 0.15) is 0 Å². The van der Waals surface area contributed by atoms with Gasteiger partial charge in [-0.1, -0.05) is 0 Å². The zero-order valence-corrected chi connectivity index (χ0v) is 9.20. The average Bonchev–Trinajstić information content (AvgIpc) is 2.45. The minimum absolute atomic E-state index is 0.773. The molecule has 6 heteroatoms. The molecule has 1 aliphatic rings. The van der Waals surface area contributed by atoms with Crippen molar-refractivity contribution in [2.24, 2.45) is 5.92 Å². The molecule has 11 heavy (non-hydrogen) atoms. The minimum atomic E-state index is -6.00. The summed E-state index contributed by atoms with van der Waals surface area (Å²) in [4.78, 5) is 0. The van der Waals surface area contributed by atoms with Gasteiger partial charge in [0, 0.05) is 0 Å². The maximum absolute atomic E-state index is 9.75. The zero-order valence-electron chi connectivity index (χ0n) is 6.08. The first kappa shape index (κ1) is 12.0. The fraction of sp³-hybridized carbons (Fsp3) is 0.600. The molecule has 1 fully saturated rings.